The molecule has 1 amide bonds. The van der Waals surface area contributed by atoms with Gasteiger partial charge in [-0.15, -0.1) is 0 Å². The molecule has 0 aliphatic heterocycles. The molecule has 152 valence electrons. The monoisotopic (exact) mass is 400 g/mol. The van der Waals surface area contributed by atoms with Gasteiger partial charge in [0.25, 0.3) is 0 Å². The summed E-state index contributed by atoms with van der Waals surface area (Å²) < 4.78 is 31.3. The minimum Gasteiger partial charge on any atom is -0.433 e. The number of rotatable bonds is 8. The maximum Gasteiger partial charge on any atom is 0.387 e. The fraction of sp³-hybridized carbons (Fsp3) is 0.238. The van der Waals surface area contributed by atoms with Crippen LogP contribution in [0.5, 0.6) is 5.75 Å². The Morgan fingerprint density at radius 3 is 2.59 bits per heavy atom. The van der Waals surface area contributed by atoms with Crippen molar-refractivity contribution in [3.8, 4) is 11.4 Å². The number of anilines is 1. The summed E-state index contributed by atoms with van der Waals surface area (Å²) in [5, 5.41) is 7.01. The second kappa shape index (κ2) is 9.29. The molecule has 0 bridgehead atoms. The van der Waals surface area contributed by atoms with Gasteiger partial charge < -0.3 is 10.1 Å². The average Bonchev–Trinajstić information content (AvgIpc) is 3.17. The van der Waals surface area contributed by atoms with Gasteiger partial charge in [-0.25, -0.2) is 4.68 Å². The summed E-state index contributed by atoms with van der Waals surface area (Å²) in [4.78, 5) is 14.4. The maximum atomic E-state index is 12.6. The summed E-state index contributed by atoms with van der Waals surface area (Å²) in [6.45, 7) is -0.723. The summed E-state index contributed by atoms with van der Waals surface area (Å²) in [5.74, 6) is -0.400. The van der Waals surface area contributed by atoms with E-state index in [9.17, 15) is 13.6 Å². The Morgan fingerprint density at radius 1 is 1.17 bits per heavy atom. The van der Waals surface area contributed by atoms with Crippen molar-refractivity contribution in [3.63, 3.8) is 0 Å². The van der Waals surface area contributed by atoms with Gasteiger partial charge >= 0.3 is 6.61 Å². The van der Waals surface area contributed by atoms with E-state index in [0.29, 0.717) is 6.54 Å². The second-order valence-corrected chi connectivity index (χ2v) is 6.58. The van der Waals surface area contributed by atoms with Crippen molar-refractivity contribution in [1.82, 2.24) is 14.7 Å². The van der Waals surface area contributed by atoms with Crippen molar-refractivity contribution in [2.45, 2.75) is 26.1 Å². The van der Waals surface area contributed by atoms with E-state index in [4.69, 9.17) is 0 Å². The number of aromatic nitrogens is 2. The van der Waals surface area contributed by atoms with Gasteiger partial charge in [0, 0.05) is 18.3 Å². The number of nitrogens with one attached hydrogen (secondary N) is 1. The first kappa shape index (κ1) is 20.5. The van der Waals surface area contributed by atoms with Crippen LogP contribution in [0.1, 0.15) is 12.5 Å². The van der Waals surface area contributed by atoms with Crippen molar-refractivity contribution >= 4 is 11.6 Å². The molecule has 0 fully saturated rings. The third-order valence-corrected chi connectivity index (χ3v) is 4.49. The number of para-hydroxylation sites is 3. The van der Waals surface area contributed by atoms with Crippen LogP contribution in [0.15, 0.2) is 67.0 Å². The molecule has 29 heavy (non-hydrogen) atoms. The molecule has 0 radical (unpaired) electrons. The summed E-state index contributed by atoms with van der Waals surface area (Å²) in [5.41, 5.74) is 2.09. The van der Waals surface area contributed by atoms with Crippen molar-refractivity contribution in [1.29, 1.82) is 0 Å². The van der Waals surface area contributed by atoms with Gasteiger partial charge in [-0.1, -0.05) is 30.3 Å². The molecule has 8 heteroatoms. The quantitative estimate of drug-likeness (QED) is 0.622. The molecular weight excluding hydrogens is 378 g/mol. The summed E-state index contributed by atoms with van der Waals surface area (Å²) in [6.07, 6.45) is 3.65. The number of likely N-dealkylation sites (N-methyl/N-ethyl adjacent to an activating group) is 1. The number of hydrogen-bond donors (Lipinski definition) is 1. The van der Waals surface area contributed by atoms with Crippen LogP contribution in [0.4, 0.5) is 14.5 Å². The largest absolute Gasteiger partial charge is 0.433 e. The van der Waals surface area contributed by atoms with Crippen LogP contribution < -0.4 is 10.1 Å². The van der Waals surface area contributed by atoms with Crippen LogP contribution in [0.25, 0.3) is 5.69 Å². The molecule has 1 heterocycles. The van der Waals surface area contributed by atoms with E-state index < -0.39 is 12.7 Å². The fourth-order valence-corrected chi connectivity index (χ4v) is 2.79. The zero-order valence-corrected chi connectivity index (χ0v) is 16.1. The second-order valence-electron chi connectivity index (χ2n) is 6.58. The first-order chi connectivity index (χ1) is 13.9. The third kappa shape index (κ3) is 5.39. The number of alkyl halides is 2. The highest BCUT2D eigenvalue weighted by Crippen LogP contribution is 2.25. The van der Waals surface area contributed by atoms with E-state index in [1.54, 1.807) is 29.9 Å². The van der Waals surface area contributed by atoms with Crippen LogP contribution >= 0.6 is 0 Å². The number of carbonyl (C=O) groups is 1. The van der Waals surface area contributed by atoms with Crippen molar-refractivity contribution < 1.29 is 18.3 Å². The molecule has 0 saturated carbocycles. The Bertz CT molecular complexity index is 947. The smallest absolute Gasteiger partial charge is 0.387 e. The highest BCUT2D eigenvalue weighted by Gasteiger charge is 2.20. The zero-order chi connectivity index (χ0) is 20.8. The lowest BCUT2D eigenvalue weighted by Gasteiger charge is -2.23. The molecule has 1 atom stereocenters. The lowest BCUT2D eigenvalue weighted by Crippen LogP contribution is -2.39. The molecule has 0 aliphatic rings. The van der Waals surface area contributed by atoms with Crippen molar-refractivity contribution in [3.05, 3.63) is 72.6 Å². The Morgan fingerprint density at radius 2 is 1.86 bits per heavy atom. The molecule has 1 N–H and O–H groups in total. The Hall–Kier alpha value is -3.26. The first-order valence-electron chi connectivity index (χ1n) is 9.08. The molecule has 1 unspecified atom stereocenters. The van der Waals surface area contributed by atoms with E-state index in [1.807, 2.05) is 48.5 Å². The van der Waals surface area contributed by atoms with E-state index in [-0.39, 0.29) is 17.3 Å². The van der Waals surface area contributed by atoms with Gasteiger partial charge in [0.2, 0.25) is 5.91 Å². The molecular formula is C21H22F2N4O2. The van der Waals surface area contributed by atoms with Gasteiger partial charge in [0.05, 0.1) is 23.6 Å². The predicted octanol–water partition coefficient (Wildman–Crippen LogP) is 3.93. The molecule has 6 nitrogen and oxygen atoms in total. The SMILES string of the molecule is CC(C(=O)Nc1ccccc1OC(F)F)N(C)Cc1cnn(-c2ccccc2)c1. The average molecular weight is 400 g/mol. The molecule has 0 saturated heterocycles. The first-order valence-corrected chi connectivity index (χ1v) is 9.08. The number of nitrogens with zero attached hydrogens (tertiary/aromatic N) is 3. The molecule has 1 aromatic heterocycles. The van der Waals surface area contributed by atoms with E-state index in [1.165, 1.54) is 12.1 Å². The molecule has 2 aromatic carbocycles. The van der Waals surface area contributed by atoms with Gasteiger partial charge in [0.1, 0.15) is 5.75 Å². The van der Waals surface area contributed by atoms with E-state index >= 15 is 0 Å². The number of ether oxygens (including phenoxy) is 1. The topological polar surface area (TPSA) is 59.4 Å². The minimum absolute atomic E-state index is 0.0742. The summed E-state index contributed by atoms with van der Waals surface area (Å²) in [6, 6.07) is 15.3. The zero-order valence-electron chi connectivity index (χ0n) is 16.1. The fourth-order valence-electron chi connectivity index (χ4n) is 2.79. The van der Waals surface area contributed by atoms with Gasteiger partial charge in [0.15, 0.2) is 0 Å². The van der Waals surface area contributed by atoms with E-state index in [0.717, 1.165) is 11.3 Å². The van der Waals surface area contributed by atoms with Gasteiger partial charge in [-0.3, -0.25) is 9.69 Å². The molecule has 0 spiro atoms. The Kier molecular flexibility index (Phi) is 6.56. The van der Waals surface area contributed by atoms with Gasteiger partial charge in [-0.2, -0.15) is 13.9 Å². The van der Waals surface area contributed by atoms with Crippen LogP contribution in [0, 0.1) is 0 Å². The number of carbonyl (C=O) groups excluding carboxylic acids is 1. The molecule has 3 aromatic rings. The normalized spacial score (nSPS) is 12.2. The van der Waals surface area contributed by atoms with Crippen LogP contribution in [-0.4, -0.2) is 40.3 Å². The number of halogens is 2. The molecule has 3 rings (SSSR count). The minimum atomic E-state index is -2.96. The maximum absolute atomic E-state index is 12.6. The van der Waals surface area contributed by atoms with Crippen LogP contribution in [-0.2, 0) is 11.3 Å². The molecule has 0 aliphatic carbocycles. The van der Waals surface area contributed by atoms with Gasteiger partial charge in [-0.05, 0) is 38.2 Å². The Balaban J connectivity index is 1.62. The number of amides is 1. The highest BCUT2D eigenvalue weighted by atomic mass is 19.3. The lowest BCUT2D eigenvalue weighted by atomic mass is 10.2. The Labute approximate surface area is 167 Å². The standard InChI is InChI=1S/C21H22F2N4O2/c1-15(20(28)25-18-10-6-7-11-19(18)29-21(22)23)26(2)13-16-12-24-27(14-16)17-8-4-3-5-9-17/h3-12,14-15,21H,13H2,1-2H3,(H,25,28). The lowest BCUT2D eigenvalue weighted by molar-refractivity contribution is -0.120. The van der Waals surface area contributed by atoms with Crippen molar-refractivity contribution in [2.24, 2.45) is 0 Å². The summed E-state index contributed by atoms with van der Waals surface area (Å²) in [7, 11) is 1.81. The summed E-state index contributed by atoms with van der Waals surface area (Å²) >= 11 is 0. The third-order valence-electron chi connectivity index (χ3n) is 4.49. The van der Waals surface area contributed by atoms with E-state index in [2.05, 4.69) is 15.2 Å². The highest BCUT2D eigenvalue weighted by molar-refractivity contribution is 5.95. The van der Waals surface area contributed by atoms with Crippen LogP contribution in [0.2, 0.25) is 0 Å². The number of hydrogen-bond acceptors (Lipinski definition) is 4. The van der Waals surface area contributed by atoms with Crippen LogP contribution in [0.3, 0.4) is 0 Å². The number of benzene rings is 2. The predicted molar refractivity (Wildman–Crippen MR) is 106 cm³/mol. The van der Waals surface area contributed by atoms with Crippen molar-refractivity contribution in [2.75, 3.05) is 12.4 Å².